The smallest absolute Gasteiger partial charge is 0.228 e. The van der Waals surface area contributed by atoms with Crippen LogP contribution in [0.1, 0.15) is 34.6 Å². The van der Waals surface area contributed by atoms with Crippen LogP contribution in [0.5, 0.6) is 0 Å². The first kappa shape index (κ1) is 14.0. The number of Topliss-reactive ketones (excluding diaryl/α,β-unsaturated/α-hetero) is 2. The zero-order valence-corrected chi connectivity index (χ0v) is 12.0. The highest BCUT2D eigenvalue weighted by atomic mass is 16.5. The summed E-state index contributed by atoms with van der Waals surface area (Å²) in [6, 6.07) is 6.59. The molecular weight excluding hydrogens is 272 g/mol. The molecule has 5 nitrogen and oxygen atoms in total. The number of ether oxygens (including phenoxy) is 2. The normalized spacial score (nSPS) is 27.0. The van der Waals surface area contributed by atoms with E-state index in [2.05, 4.69) is 0 Å². The summed E-state index contributed by atoms with van der Waals surface area (Å²) >= 11 is 0. The molecular formula is C16H16O5. The number of allylic oxidation sites excluding steroid dienone is 1. The van der Waals surface area contributed by atoms with Gasteiger partial charge in [-0.3, -0.25) is 9.59 Å². The van der Waals surface area contributed by atoms with Crippen LogP contribution in [0, 0.1) is 0 Å². The lowest BCUT2D eigenvalue weighted by molar-refractivity contribution is -0.133. The number of aliphatic hydroxyl groups excluding tert-OH is 1. The highest BCUT2D eigenvalue weighted by Gasteiger charge is 2.50. The van der Waals surface area contributed by atoms with Crippen LogP contribution >= 0.6 is 0 Å². The fourth-order valence-electron chi connectivity index (χ4n) is 2.82. The van der Waals surface area contributed by atoms with Crippen LogP contribution < -0.4 is 0 Å². The van der Waals surface area contributed by atoms with Crippen molar-refractivity contribution in [1.29, 1.82) is 0 Å². The van der Waals surface area contributed by atoms with Gasteiger partial charge >= 0.3 is 0 Å². The molecule has 1 aliphatic carbocycles. The highest BCUT2D eigenvalue weighted by molar-refractivity contribution is 6.26. The summed E-state index contributed by atoms with van der Waals surface area (Å²) in [5.74, 6) is -0.690. The molecule has 2 aliphatic rings. The topological polar surface area (TPSA) is 72.8 Å². The average Bonchev–Trinajstić information content (AvgIpc) is 2.46. The van der Waals surface area contributed by atoms with E-state index in [0.717, 1.165) is 0 Å². The number of carbonyl (C=O) groups excluding carboxylic acids is 2. The highest BCUT2D eigenvalue weighted by Crippen LogP contribution is 2.39. The molecule has 0 unspecified atom stereocenters. The standard InChI is InChI=1S/C16H16O5/c1-16(2)15(19)14(20-3)10-11(17)8-6-4-5-7-9(8)12(18)13(10)21-16/h4-7,14-15,19H,1-3H3/t14-,15-/m1/s1. The molecule has 0 saturated carbocycles. The summed E-state index contributed by atoms with van der Waals surface area (Å²) in [7, 11) is 1.40. The monoisotopic (exact) mass is 288 g/mol. The van der Waals surface area contributed by atoms with Crippen LogP contribution in [0.4, 0.5) is 0 Å². The van der Waals surface area contributed by atoms with E-state index in [1.54, 1.807) is 38.1 Å². The second-order valence-electron chi connectivity index (χ2n) is 5.75. The van der Waals surface area contributed by atoms with Crippen LogP contribution in [0.2, 0.25) is 0 Å². The van der Waals surface area contributed by atoms with Crippen molar-refractivity contribution in [2.75, 3.05) is 7.11 Å². The van der Waals surface area contributed by atoms with Crippen LogP contribution in [-0.4, -0.2) is 41.6 Å². The van der Waals surface area contributed by atoms with Crippen molar-refractivity contribution in [2.45, 2.75) is 31.7 Å². The maximum absolute atomic E-state index is 12.6. The molecule has 1 aromatic carbocycles. The summed E-state index contributed by atoms with van der Waals surface area (Å²) in [6.07, 6.45) is -1.92. The van der Waals surface area contributed by atoms with Crippen molar-refractivity contribution in [3.8, 4) is 0 Å². The molecule has 0 amide bonds. The number of hydrogen-bond acceptors (Lipinski definition) is 5. The first-order chi connectivity index (χ1) is 9.88. The molecule has 0 radical (unpaired) electrons. The van der Waals surface area contributed by atoms with Crippen molar-refractivity contribution in [2.24, 2.45) is 0 Å². The van der Waals surface area contributed by atoms with E-state index in [0.29, 0.717) is 11.1 Å². The zero-order valence-electron chi connectivity index (χ0n) is 12.0. The maximum Gasteiger partial charge on any atom is 0.228 e. The Morgan fingerprint density at radius 2 is 1.71 bits per heavy atom. The number of hydrogen-bond donors (Lipinski definition) is 1. The molecule has 5 heteroatoms. The minimum Gasteiger partial charge on any atom is -0.480 e. The third-order valence-electron chi connectivity index (χ3n) is 4.01. The second-order valence-corrected chi connectivity index (χ2v) is 5.75. The van der Waals surface area contributed by atoms with Crippen molar-refractivity contribution < 1.29 is 24.2 Å². The van der Waals surface area contributed by atoms with Gasteiger partial charge in [0.15, 0.2) is 11.5 Å². The van der Waals surface area contributed by atoms with Crippen molar-refractivity contribution in [1.82, 2.24) is 0 Å². The molecule has 0 fully saturated rings. The molecule has 21 heavy (non-hydrogen) atoms. The largest absolute Gasteiger partial charge is 0.480 e. The molecule has 3 rings (SSSR count). The lowest BCUT2D eigenvalue weighted by Crippen LogP contribution is -2.54. The zero-order chi connectivity index (χ0) is 15.4. The molecule has 0 spiro atoms. The molecule has 1 heterocycles. The SMILES string of the molecule is CO[C@@H]1C2=C(OC(C)(C)[C@@H]1O)C(=O)c1ccccc1C2=O. The summed E-state index contributed by atoms with van der Waals surface area (Å²) in [4.78, 5) is 25.2. The fraction of sp³-hybridized carbons (Fsp3) is 0.375. The predicted molar refractivity (Wildman–Crippen MR) is 74.1 cm³/mol. The molecule has 0 saturated heterocycles. The first-order valence-corrected chi connectivity index (χ1v) is 6.71. The van der Waals surface area contributed by atoms with Gasteiger partial charge in [-0.2, -0.15) is 0 Å². The molecule has 1 aliphatic heterocycles. The molecule has 0 bridgehead atoms. The van der Waals surface area contributed by atoms with E-state index >= 15 is 0 Å². The van der Waals surface area contributed by atoms with Crippen LogP contribution in [-0.2, 0) is 9.47 Å². The third-order valence-corrected chi connectivity index (χ3v) is 4.01. The average molecular weight is 288 g/mol. The van der Waals surface area contributed by atoms with E-state index in [1.807, 2.05) is 0 Å². The van der Waals surface area contributed by atoms with Gasteiger partial charge in [0.1, 0.15) is 17.8 Å². The summed E-state index contributed by atoms with van der Waals surface area (Å²) in [6.45, 7) is 3.32. The van der Waals surface area contributed by atoms with Crippen molar-refractivity contribution >= 4 is 11.6 Å². The Hall–Kier alpha value is -1.98. The minimum absolute atomic E-state index is 0.0131. The number of aliphatic hydroxyl groups is 1. The van der Waals surface area contributed by atoms with Gasteiger partial charge in [-0.1, -0.05) is 24.3 Å². The van der Waals surface area contributed by atoms with Crippen LogP contribution in [0.15, 0.2) is 35.6 Å². The number of benzene rings is 1. The summed E-state index contributed by atoms with van der Waals surface area (Å²) < 4.78 is 10.9. The van der Waals surface area contributed by atoms with E-state index < -0.39 is 17.8 Å². The number of fused-ring (bicyclic) bond motifs is 1. The molecule has 110 valence electrons. The molecule has 1 N–H and O–H groups in total. The Kier molecular flexibility index (Phi) is 3.00. The number of carbonyl (C=O) groups is 2. The number of methoxy groups -OCH3 is 1. The van der Waals surface area contributed by atoms with Gasteiger partial charge in [0.25, 0.3) is 0 Å². The van der Waals surface area contributed by atoms with E-state index in [1.165, 1.54) is 7.11 Å². The maximum atomic E-state index is 12.6. The van der Waals surface area contributed by atoms with Crippen LogP contribution in [0.25, 0.3) is 0 Å². The third kappa shape index (κ3) is 1.85. The minimum atomic E-state index is -1.04. The predicted octanol–water partition coefficient (Wildman–Crippen LogP) is 1.50. The summed E-state index contributed by atoms with van der Waals surface area (Å²) in [5.41, 5.74) is -0.267. The van der Waals surface area contributed by atoms with Gasteiger partial charge in [0, 0.05) is 18.2 Å². The van der Waals surface area contributed by atoms with Gasteiger partial charge in [0.05, 0.1) is 5.57 Å². The van der Waals surface area contributed by atoms with Gasteiger partial charge in [-0.15, -0.1) is 0 Å². The Bertz CT molecular complexity index is 671. The van der Waals surface area contributed by atoms with E-state index in [9.17, 15) is 14.7 Å². The number of ketones is 2. The molecule has 2 atom stereocenters. The van der Waals surface area contributed by atoms with Gasteiger partial charge in [0.2, 0.25) is 5.78 Å². The molecule has 1 aromatic rings. The van der Waals surface area contributed by atoms with Gasteiger partial charge < -0.3 is 14.6 Å². The molecule has 0 aromatic heterocycles. The first-order valence-electron chi connectivity index (χ1n) is 6.71. The van der Waals surface area contributed by atoms with Crippen molar-refractivity contribution in [3.05, 3.63) is 46.7 Å². The Labute approximate surface area is 122 Å². The Morgan fingerprint density at radius 1 is 1.14 bits per heavy atom. The quantitative estimate of drug-likeness (QED) is 0.848. The van der Waals surface area contributed by atoms with Crippen LogP contribution in [0.3, 0.4) is 0 Å². The second kappa shape index (κ2) is 4.51. The lowest BCUT2D eigenvalue weighted by Gasteiger charge is -2.43. The summed E-state index contributed by atoms with van der Waals surface area (Å²) in [5, 5.41) is 10.3. The lowest BCUT2D eigenvalue weighted by atomic mass is 9.79. The van der Waals surface area contributed by atoms with Gasteiger partial charge in [-0.05, 0) is 13.8 Å². The Morgan fingerprint density at radius 3 is 2.29 bits per heavy atom. The van der Waals surface area contributed by atoms with E-state index in [4.69, 9.17) is 9.47 Å². The van der Waals surface area contributed by atoms with Gasteiger partial charge in [-0.25, -0.2) is 0 Å². The Balaban J connectivity index is 2.22. The fourth-order valence-corrected chi connectivity index (χ4v) is 2.82. The number of rotatable bonds is 1. The van der Waals surface area contributed by atoms with Crippen molar-refractivity contribution in [3.63, 3.8) is 0 Å². The van der Waals surface area contributed by atoms with E-state index in [-0.39, 0.29) is 22.9 Å².